The van der Waals surface area contributed by atoms with Crippen molar-refractivity contribution in [2.24, 2.45) is 11.8 Å². The number of hydrogen-bond donors (Lipinski definition) is 0. The number of piperidine rings is 1. The second-order valence-corrected chi connectivity index (χ2v) is 17.3. The monoisotopic (exact) mass is 730 g/mol. The van der Waals surface area contributed by atoms with E-state index in [1.165, 1.54) is 212 Å². The van der Waals surface area contributed by atoms with E-state index in [0.29, 0.717) is 19.1 Å². The standard InChI is InChI=1S/C48H91NO3/c1-5-8-11-14-17-20-28-42-51-48(50)36-27-26-31-45-32-29-40-49(41-39-44-37-38-44)47(45)35-25-21-22-30-43(4)52-46(33-23-18-15-12-9-6-2)34-24-19-16-13-10-7-3/h44-47H,4-42H2,1-3H3. The van der Waals surface area contributed by atoms with Crippen LogP contribution in [-0.2, 0) is 14.3 Å². The van der Waals surface area contributed by atoms with E-state index in [1.54, 1.807) is 0 Å². The van der Waals surface area contributed by atoms with Gasteiger partial charge in [-0.2, -0.15) is 0 Å². The van der Waals surface area contributed by atoms with Gasteiger partial charge in [0, 0.05) is 18.9 Å². The molecule has 4 heteroatoms. The summed E-state index contributed by atoms with van der Waals surface area (Å²) in [4.78, 5) is 15.3. The van der Waals surface area contributed by atoms with Gasteiger partial charge in [-0.05, 0) is 102 Å². The zero-order valence-electron chi connectivity index (χ0n) is 35.6. The summed E-state index contributed by atoms with van der Waals surface area (Å²) in [7, 11) is 0. The minimum atomic E-state index is 0.0268. The highest BCUT2D eigenvalue weighted by atomic mass is 16.5. The molecular weight excluding hydrogens is 639 g/mol. The van der Waals surface area contributed by atoms with Crippen molar-refractivity contribution in [1.29, 1.82) is 0 Å². The van der Waals surface area contributed by atoms with Gasteiger partial charge in [0.05, 0.1) is 18.5 Å². The number of carbonyl (C=O) groups excluding carboxylic acids is 1. The number of ether oxygens (including phenoxy) is 2. The lowest BCUT2D eigenvalue weighted by Crippen LogP contribution is -2.45. The van der Waals surface area contributed by atoms with Gasteiger partial charge in [-0.15, -0.1) is 0 Å². The predicted octanol–water partition coefficient (Wildman–Crippen LogP) is 15.1. The molecule has 0 aromatic rings. The third kappa shape index (κ3) is 25.9. The van der Waals surface area contributed by atoms with Crippen LogP contribution in [0.15, 0.2) is 12.3 Å². The van der Waals surface area contributed by atoms with Gasteiger partial charge in [0.2, 0.25) is 0 Å². The summed E-state index contributed by atoms with van der Waals surface area (Å²) in [5.41, 5.74) is 0. The van der Waals surface area contributed by atoms with E-state index in [0.717, 1.165) is 42.9 Å². The quantitative estimate of drug-likeness (QED) is 0.0360. The first-order valence-electron chi connectivity index (χ1n) is 23.8. The van der Waals surface area contributed by atoms with Crippen molar-refractivity contribution in [3.63, 3.8) is 0 Å². The first-order chi connectivity index (χ1) is 25.6. The zero-order valence-corrected chi connectivity index (χ0v) is 35.6. The van der Waals surface area contributed by atoms with Crippen LogP contribution >= 0.6 is 0 Å². The van der Waals surface area contributed by atoms with E-state index < -0.39 is 0 Å². The first kappa shape index (κ1) is 47.1. The van der Waals surface area contributed by atoms with Gasteiger partial charge in [0.1, 0.15) is 0 Å². The van der Waals surface area contributed by atoms with Crippen molar-refractivity contribution in [2.75, 3.05) is 19.7 Å². The molecule has 306 valence electrons. The molecule has 0 N–H and O–H groups in total. The Morgan fingerprint density at radius 3 is 1.77 bits per heavy atom. The molecule has 2 fully saturated rings. The fraction of sp³-hybridized carbons (Fsp3) is 0.938. The average Bonchev–Trinajstić information content (AvgIpc) is 3.98. The van der Waals surface area contributed by atoms with Crippen molar-refractivity contribution >= 4 is 5.97 Å². The van der Waals surface area contributed by atoms with Crippen molar-refractivity contribution in [2.45, 2.75) is 258 Å². The Hall–Kier alpha value is -1.03. The number of rotatable bonds is 38. The van der Waals surface area contributed by atoms with Crippen LogP contribution in [0.5, 0.6) is 0 Å². The molecule has 0 radical (unpaired) electrons. The fourth-order valence-corrected chi connectivity index (χ4v) is 8.71. The van der Waals surface area contributed by atoms with Crippen LogP contribution in [0.1, 0.15) is 245 Å². The second-order valence-electron chi connectivity index (χ2n) is 17.3. The Kier molecular flexibility index (Phi) is 30.2. The summed E-state index contributed by atoms with van der Waals surface area (Å²) in [5, 5.41) is 0. The Balaban J connectivity index is 1.69. The molecule has 1 aliphatic carbocycles. The molecule has 0 amide bonds. The highest BCUT2D eigenvalue weighted by Gasteiger charge is 2.32. The zero-order chi connectivity index (χ0) is 37.3. The number of hydrogen-bond acceptors (Lipinski definition) is 4. The fourth-order valence-electron chi connectivity index (χ4n) is 8.71. The van der Waals surface area contributed by atoms with E-state index in [2.05, 4.69) is 32.3 Å². The Morgan fingerprint density at radius 1 is 0.615 bits per heavy atom. The molecule has 2 atom stereocenters. The Bertz CT molecular complexity index is 808. The second kappa shape index (κ2) is 33.3. The van der Waals surface area contributed by atoms with Crippen LogP contribution in [0.3, 0.4) is 0 Å². The van der Waals surface area contributed by atoms with Crippen LogP contribution in [0.4, 0.5) is 0 Å². The Labute approximate surface area is 325 Å². The van der Waals surface area contributed by atoms with Gasteiger partial charge in [-0.3, -0.25) is 4.79 Å². The number of allylic oxidation sites excluding steroid dienone is 1. The largest absolute Gasteiger partial charge is 0.495 e. The smallest absolute Gasteiger partial charge is 0.305 e. The summed E-state index contributed by atoms with van der Waals surface area (Å²) in [6.07, 6.45) is 45.1. The van der Waals surface area contributed by atoms with Crippen LogP contribution in [0.2, 0.25) is 0 Å². The molecule has 0 aromatic heterocycles. The predicted molar refractivity (Wildman–Crippen MR) is 226 cm³/mol. The van der Waals surface area contributed by atoms with E-state index in [9.17, 15) is 4.79 Å². The first-order valence-corrected chi connectivity index (χ1v) is 23.8. The molecular formula is C48H91NO3. The van der Waals surface area contributed by atoms with E-state index in [4.69, 9.17) is 9.47 Å². The van der Waals surface area contributed by atoms with Gasteiger partial charge in [0.15, 0.2) is 0 Å². The molecule has 0 bridgehead atoms. The maximum atomic E-state index is 12.4. The number of esters is 1. The molecule has 0 spiro atoms. The number of carbonyl (C=O) groups is 1. The molecule has 1 saturated heterocycles. The molecule has 52 heavy (non-hydrogen) atoms. The summed E-state index contributed by atoms with van der Waals surface area (Å²) in [5.74, 6) is 2.87. The lowest BCUT2D eigenvalue weighted by atomic mass is 9.82. The van der Waals surface area contributed by atoms with Gasteiger partial charge < -0.3 is 14.4 Å². The van der Waals surface area contributed by atoms with Crippen molar-refractivity contribution in [1.82, 2.24) is 4.90 Å². The lowest BCUT2D eigenvalue weighted by molar-refractivity contribution is -0.143. The summed E-state index contributed by atoms with van der Waals surface area (Å²) < 4.78 is 12.2. The third-order valence-electron chi connectivity index (χ3n) is 12.3. The molecule has 1 aliphatic heterocycles. The molecule has 1 saturated carbocycles. The average molecular weight is 730 g/mol. The number of nitrogens with zero attached hydrogens (tertiary/aromatic N) is 1. The Morgan fingerprint density at radius 2 is 1.15 bits per heavy atom. The third-order valence-corrected chi connectivity index (χ3v) is 12.3. The molecule has 4 nitrogen and oxygen atoms in total. The van der Waals surface area contributed by atoms with Crippen LogP contribution < -0.4 is 0 Å². The maximum absolute atomic E-state index is 12.4. The maximum Gasteiger partial charge on any atom is 0.305 e. The highest BCUT2D eigenvalue weighted by molar-refractivity contribution is 5.69. The van der Waals surface area contributed by atoms with Gasteiger partial charge in [-0.25, -0.2) is 0 Å². The summed E-state index contributed by atoms with van der Waals surface area (Å²) in [6, 6.07) is 0.732. The normalized spacial score (nSPS) is 17.9. The van der Waals surface area contributed by atoms with Crippen molar-refractivity contribution in [3.8, 4) is 0 Å². The molecule has 2 aliphatic rings. The SMILES string of the molecule is C=C(CCCCCC1C(CCCCC(=O)OCCCCCCCCC)CCCN1CCC1CC1)OC(CCCCCCCC)CCCCCCCC. The summed E-state index contributed by atoms with van der Waals surface area (Å²) in [6.45, 7) is 14.5. The van der Waals surface area contributed by atoms with E-state index in [1.807, 2.05) is 0 Å². The van der Waals surface area contributed by atoms with E-state index >= 15 is 0 Å². The van der Waals surface area contributed by atoms with E-state index in [-0.39, 0.29) is 5.97 Å². The van der Waals surface area contributed by atoms with Crippen molar-refractivity contribution < 1.29 is 14.3 Å². The number of likely N-dealkylation sites (tertiary alicyclic amines) is 1. The van der Waals surface area contributed by atoms with Crippen molar-refractivity contribution in [3.05, 3.63) is 12.3 Å². The molecule has 0 aromatic carbocycles. The number of unbranched alkanes of at least 4 members (excludes halogenated alkanes) is 19. The molecule has 1 heterocycles. The van der Waals surface area contributed by atoms with Gasteiger partial charge in [-0.1, -0.05) is 162 Å². The molecule has 2 unspecified atom stereocenters. The molecule has 2 rings (SSSR count). The minimum absolute atomic E-state index is 0.0268. The van der Waals surface area contributed by atoms with Crippen LogP contribution in [0.25, 0.3) is 0 Å². The van der Waals surface area contributed by atoms with Gasteiger partial charge >= 0.3 is 5.97 Å². The lowest BCUT2D eigenvalue weighted by Gasteiger charge is -2.42. The summed E-state index contributed by atoms with van der Waals surface area (Å²) >= 11 is 0. The van der Waals surface area contributed by atoms with Crippen LogP contribution in [0, 0.1) is 11.8 Å². The highest BCUT2D eigenvalue weighted by Crippen LogP contribution is 2.36. The topological polar surface area (TPSA) is 38.8 Å². The van der Waals surface area contributed by atoms with Gasteiger partial charge in [0.25, 0.3) is 0 Å². The van der Waals surface area contributed by atoms with Crippen LogP contribution in [-0.4, -0.2) is 42.7 Å². The minimum Gasteiger partial charge on any atom is -0.495 e.